The van der Waals surface area contributed by atoms with Gasteiger partial charge in [-0.05, 0) is 60.2 Å². The molecule has 0 N–H and O–H groups in total. The second kappa shape index (κ2) is 6.19. The maximum absolute atomic E-state index is 5.96. The largest absolute Gasteiger partial charge is 0.491 e. The summed E-state index contributed by atoms with van der Waals surface area (Å²) in [5, 5.41) is 2.18. The molecular weight excluding hydrogens is 278 g/mol. The van der Waals surface area contributed by atoms with Crippen LogP contribution in [0, 0.1) is 13.8 Å². The zero-order chi connectivity index (χ0) is 14.7. The predicted octanol–water partition coefficient (Wildman–Crippen LogP) is 4.91. The summed E-state index contributed by atoms with van der Waals surface area (Å²) in [7, 11) is 0. The molecule has 0 aliphatic rings. The molecule has 0 spiro atoms. The van der Waals surface area contributed by atoms with Crippen molar-refractivity contribution in [2.45, 2.75) is 20.4 Å². The van der Waals surface area contributed by atoms with E-state index in [1.807, 2.05) is 12.1 Å². The highest BCUT2D eigenvalue weighted by atomic mass is 32.1. The quantitative estimate of drug-likeness (QED) is 0.652. The van der Waals surface area contributed by atoms with E-state index in [1.165, 1.54) is 21.6 Å². The van der Waals surface area contributed by atoms with Crippen LogP contribution in [0.4, 0.5) is 0 Å². The fraction of sp³-hybridized carbons (Fsp3) is 0.222. The van der Waals surface area contributed by atoms with Crippen LogP contribution in [-0.4, -0.2) is 11.2 Å². The molecule has 0 saturated heterocycles. The first-order valence-electron chi connectivity index (χ1n) is 7.12. The highest BCUT2D eigenvalue weighted by Crippen LogP contribution is 2.31. The van der Waals surface area contributed by atoms with Gasteiger partial charge in [-0.25, -0.2) is 0 Å². The number of thiophene rings is 1. The molecule has 0 radical (unpaired) electrons. The SMILES string of the molecule is Cc1csc(-c2ccc(C)c(OCCn3cccc3)c2)c1. The van der Waals surface area contributed by atoms with Gasteiger partial charge in [0.1, 0.15) is 12.4 Å². The maximum Gasteiger partial charge on any atom is 0.122 e. The molecule has 3 heteroatoms. The number of aromatic nitrogens is 1. The molecule has 0 fully saturated rings. The highest BCUT2D eigenvalue weighted by Gasteiger charge is 2.05. The first-order valence-corrected chi connectivity index (χ1v) is 8.00. The van der Waals surface area contributed by atoms with Gasteiger partial charge in [-0.1, -0.05) is 12.1 Å². The maximum atomic E-state index is 5.96. The molecule has 108 valence electrons. The Morgan fingerprint density at radius 2 is 1.90 bits per heavy atom. The minimum Gasteiger partial charge on any atom is -0.491 e. The summed E-state index contributed by atoms with van der Waals surface area (Å²) in [4.78, 5) is 1.29. The van der Waals surface area contributed by atoms with Crippen LogP contribution in [0.5, 0.6) is 5.75 Å². The van der Waals surface area contributed by atoms with Gasteiger partial charge in [0.15, 0.2) is 0 Å². The highest BCUT2D eigenvalue weighted by molar-refractivity contribution is 7.13. The van der Waals surface area contributed by atoms with Crippen LogP contribution in [0.15, 0.2) is 54.2 Å². The average molecular weight is 297 g/mol. The Morgan fingerprint density at radius 1 is 1.10 bits per heavy atom. The number of nitrogens with zero attached hydrogens (tertiary/aromatic N) is 1. The fourth-order valence-electron chi connectivity index (χ4n) is 2.27. The lowest BCUT2D eigenvalue weighted by atomic mass is 10.1. The number of hydrogen-bond donors (Lipinski definition) is 0. The fourth-order valence-corrected chi connectivity index (χ4v) is 3.17. The van der Waals surface area contributed by atoms with Crippen LogP contribution in [0.2, 0.25) is 0 Å². The molecule has 3 rings (SSSR count). The molecule has 0 aliphatic carbocycles. The minimum absolute atomic E-state index is 0.683. The molecule has 2 heterocycles. The first-order chi connectivity index (χ1) is 10.2. The summed E-state index contributed by atoms with van der Waals surface area (Å²) in [6, 6.07) is 12.7. The molecule has 0 saturated carbocycles. The lowest BCUT2D eigenvalue weighted by Gasteiger charge is -2.11. The van der Waals surface area contributed by atoms with E-state index < -0.39 is 0 Å². The van der Waals surface area contributed by atoms with E-state index in [1.54, 1.807) is 11.3 Å². The molecule has 0 aliphatic heterocycles. The number of hydrogen-bond acceptors (Lipinski definition) is 2. The Labute approximate surface area is 129 Å². The van der Waals surface area contributed by atoms with Crippen LogP contribution in [0.1, 0.15) is 11.1 Å². The zero-order valence-corrected chi connectivity index (χ0v) is 13.2. The van der Waals surface area contributed by atoms with Crippen molar-refractivity contribution in [3.8, 4) is 16.2 Å². The van der Waals surface area contributed by atoms with Crippen molar-refractivity contribution < 1.29 is 4.74 Å². The van der Waals surface area contributed by atoms with Gasteiger partial charge in [0.05, 0.1) is 6.54 Å². The van der Waals surface area contributed by atoms with Crippen molar-refractivity contribution in [1.29, 1.82) is 0 Å². The van der Waals surface area contributed by atoms with Gasteiger partial charge in [-0.2, -0.15) is 0 Å². The molecule has 0 atom stereocenters. The molecule has 21 heavy (non-hydrogen) atoms. The van der Waals surface area contributed by atoms with Gasteiger partial charge >= 0.3 is 0 Å². The van der Waals surface area contributed by atoms with E-state index in [0.29, 0.717) is 6.61 Å². The van der Waals surface area contributed by atoms with E-state index >= 15 is 0 Å². The minimum atomic E-state index is 0.683. The van der Waals surface area contributed by atoms with Gasteiger partial charge in [-0.3, -0.25) is 0 Å². The normalized spacial score (nSPS) is 10.8. The number of aryl methyl sites for hydroxylation is 2. The standard InChI is InChI=1S/C18H19NOS/c1-14-11-18(21-13-14)16-6-5-15(2)17(12-16)20-10-9-19-7-3-4-8-19/h3-8,11-13H,9-10H2,1-2H3. The molecule has 0 amide bonds. The van der Waals surface area contributed by atoms with Crippen molar-refractivity contribution in [2.75, 3.05) is 6.61 Å². The zero-order valence-electron chi connectivity index (χ0n) is 12.4. The topological polar surface area (TPSA) is 14.2 Å². The summed E-state index contributed by atoms with van der Waals surface area (Å²) < 4.78 is 8.09. The summed E-state index contributed by atoms with van der Waals surface area (Å²) in [5.74, 6) is 0.978. The van der Waals surface area contributed by atoms with E-state index in [-0.39, 0.29) is 0 Å². The Hall–Kier alpha value is -2.00. The molecule has 2 aromatic heterocycles. The van der Waals surface area contributed by atoms with Crippen LogP contribution < -0.4 is 4.74 Å². The molecule has 3 aromatic rings. The van der Waals surface area contributed by atoms with Crippen molar-refractivity contribution in [1.82, 2.24) is 4.57 Å². The molecule has 1 aromatic carbocycles. The lowest BCUT2D eigenvalue weighted by Crippen LogP contribution is -2.07. The molecular formula is C18H19NOS. The van der Waals surface area contributed by atoms with E-state index in [9.17, 15) is 0 Å². The van der Waals surface area contributed by atoms with Crippen LogP contribution in [-0.2, 0) is 6.54 Å². The van der Waals surface area contributed by atoms with Crippen LogP contribution >= 0.6 is 11.3 Å². The van der Waals surface area contributed by atoms with Gasteiger partial charge in [0.2, 0.25) is 0 Å². The van der Waals surface area contributed by atoms with Crippen molar-refractivity contribution >= 4 is 11.3 Å². The number of ether oxygens (including phenoxy) is 1. The molecule has 2 nitrogen and oxygen atoms in total. The average Bonchev–Trinajstić information content (AvgIpc) is 3.12. The van der Waals surface area contributed by atoms with E-state index in [2.05, 4.69) is 60.5 Å². The summed E-state index contributed by atoms with van der Waals surface area (Å²) in [6.45, 7) is 5.77. The van der Waals surface area contributed by atoms with Crippen molar-refractivity contribution in [3.63, 3.8) is 0 Å². The van der Waals surface area contributed by atoms with Crippen LogP contribution in [0.25, 0.3) is 10.4 Å². The second-order valence-corrected chi connectivity index (χ2v) is 6.15. The first kappa shape index (κ1) is 14.0. The third-order valence-electron chi connectivity index (χ3n) is 3.48. The predicted molar refractivity (Wildman–Crippen MR) is 89.2 cm³/mol. The van der Waals surface area contributed by atoms with Crippen molar-refractivity contribution in [3.05, 3.63) is 65.3 Å². The number of rotatable bonds is 5. The summed E-state index contributed by atoms with van der Waals surface area (Å²) >= 11 is 1.78. The molecule has 0 unspecified atom stereocenters. The van der Waals surface area contributed by atoms with E-state index in [0.717, 1.165) is 12.3 Å². The second-order valence-electron chi connectivity index (χ2n) is 5.24. The monoisotopic (exact) mass is 297 g/mol. The van der Waals surface area contributed by atoms with Crippen molar-refractivity contribution in [2.24, 2.45) is 0 Å². The third-order valence-corrected chi connectivity index (χ3v) is 4.57. The van der Waals surface area contributed by atoms with Gasteiger partial charge in [-0.15, -0.1) is 11.3 Å². The van der Waals surface area contributed by atoms with Gasteiger partial charge in [0.25, 0.3) is 0 Å². The lowest BCUT2D eigenvalue weighted by molar-refractivity contribution is 0.297. The summed E-state index contributed by atoms with van der Waals surface area (Å²) in [5.41, 5.74) is 3.72. The Kier molecular flexibility index (Phi) is 4.11. The van der Waals surface area contributed by atoms with Crippen LogP contribution in [0.3, 0.4) is 0 Å². The number of benzene rings is 1. The van der Waals surface area contributed by atoms with Gasteiger partial charge in [0, 0.05) is 17.3 Å². The smallest absolute Gasteiger partial charge is 0.122 e. The Morgan fingerprint density at radius 3 is 2.62 bits per heavy atom. The Bertz CT molecular complexity index is 713. The molecule has 0 bridgehead atoms. The summed E-state index contributed by atoms with van der Waals surface area (Å²) in [6.07, 6.45) is 4.11. The Balaban J connectivity index is 1.72. The third kappa shape index (κ3) is 3.37. The van der Waals surface area contributed by atoms with Gasteiger partial charge < -0.3 is 9.30 Å². The van der Waals surface area contributed by atoms with E-state index in [4.69, 9.17) is 4.74 Å².